The second-order valence-electron chi connectivity index (χ2n) is 5.78. The van der Waals surface area contributed by atoms with Gasteiger partial charge in [-0.25, -0.2) is 4.79 Å². The number of amides is 3. The summed E-state index contributed by atoms with van der Waals surface area (Å²) in [7, 11) is 0. The molecule has 1 fully saturated rings. The molecular weight excluding hydrogens is 304 g/mol. The molecule has 3 amide bonds. The topological polar surface area (TPSA) is 60.9 Å². The van der Waals surface area contributed by atoms with Crippen LogP contribution in [0.25, 0.3) is 0 Å². The molecule has 3 rings (SSSR count). The first-order valence-electron chi connectivity index (χ1n) is 8.04. The number of aliphatic hydroxyl groups excluding tert-OH is 1. The summed E-state index contributed by atoms with van der Waals surface area (Å²) in [5.74, 6) is -0.226. The number of carbonyl (C=O) groups is 2. The van der Waals surface area contributed by atoms with Gasteiger partial charge in [-0.15, -0.1) is 0 Å². The van der Waals surface area contributed by atoms with Crippen molar-refractivity contribution in [2.45, 2.75) is 19.0 Å². The van der Waals surface area contributed by atoms with Gasteiger partial charge in [0.1, 0.15) is 6.04 Å². The minimum atomic E-state index is -0.613. The molecule has 1 heterocycles. The Kier molecular flexibility index (Phi) is 4.91. The fourth-order valence-electron chi connectivity index (χ4n) is 2.97. The molecule has 2 aromatic rings. The largest absolute Gasteiger partial charge is 0.396 e. The number of imide groups is 1. The van der Waals surface area contributed by atoms with Crippen LogP contribution in [0.5, 0.6) is 0 Å². The SMILES string of the molecule is O=C1C(c2ccccc2)N(Cc2ccccc2)C(=O)N1CCCO. The Labute approximate surface area is 141 Å². The van der Waals surface area contributed by atoms with Crippen LogP contribution in [0.3, 0.4) is 0 Å². The quantitative estimate of drug-likeness (QED) is 0.831. The molecule has 124 valence electrons. The number of aliphatic hydroxyl groups is 1. The summed E-state index contributed by atoms with van der Waals surface area (Å²) in [5.41, 5.74) is 1.78. The van der Waals surface area contributed by atoms with E-state index in [1.165, 1.54) is 4.90 Å². The summed E-state index contributed by atoms with van der Waals surface area (Å²) in [6.45, 7) is 0.565. The van der Waals surface area contributed by atoms with E-state index in [0.29, 0.717) is 13.0 Å². The Hall–Kier alpha value is -2.66. The molecule has 24 heavy (non-hydrogen) atoms. The maximum Gasteiger partial charge on any atom is 0.328 e. The van der Waals surface area contributed by atoms with Crippen molar-refractivity contribution in [3.05, 3.63) is 71.8 Å². The van der Waals surface area contributed by atoms with Gasteiger partial charge in [-0.2, -0.15) is 0 Å². The van der Waals surface area contributed by atoms with E-state index in [1.54, 1.807) is 4.90 Å². The minimum Gasteiger partial charge on any atom is -0.396 e. The predicted octanol–water partition coefficient (Wildman–Crippen LogP) is 2.57. The molecule has 1 saturated heterocycles. The van der Waals surface area contributed by atoms with Crippen molar-refractivity contribution in [2.75, 3.05) is 13.2 Å². The zero-order valence-corrected chi connectivity index (χ0v) is 13.3. The average molecular weight is 324 g/mol. The normalized spacial score (nSPS) is 17.6. The van der Waals surface area contributed by atoms with Crippen molar-refractivity contribution in [2.24, 2.45) is 0 Å². The second-order valence-corrected chi connectivity index (χ2v) is 5.78. The fourth-order valence-corrected chi connectivity index (χ4v) is 2.97. The predicted molar refractivity (Wildman–Crippen MR) is 90.0 cm³/mol. The van der Waals surface area contributed by atoms with E-state index >= 15 is 0 Å². The minimum absolute atomic E-state index is 0.0499. The molecule has 2 aromatic carbocycles. The van der Waals surface area contributed by atoms with Crippen molar-refractivity contribution in [3.63, 3.8) is 0 Å². The Bertz CT molecular complexity index is 703. The number of carbonyl (C=O) groups excluding carboxylic acids is 2. The van der Waals surface area contributed by atoms with Gasteiger partial charge in [-0.1, -0.05) is 60.7 Å². The molecule has 0 radical (unpaired) electrons. The molecule has 1 aliphatic heterocycles. The first kappa shape index (κ1) is 16.2. The van der Waals surface area contributed by atoms with Gasteiger partial charge in [0, 0.05) is 19.7 Å². The summed E-state index contributed by atoms with van der Waals surface area (Å²) in [4.78, 5) is 28.4. The monoisotopic (exact) mass is 324 g/mol. The van der Waals surface area contributed by atoms with Crippen LogP contribution >= 0.6 is 0 Å². The lowest BCUT2D eigenvalue weighted by atomic mass is 10.1. The van der Waals surface area contributed by atoms with Crippen LogP contribution in [0, 0.1) is 0 Å². The number of benzene rings is 2. The fraction of sp³-hybridized carbons (Fsp3) is 0.263. The first-order chi connectivity index (χ1) is 11.7. The molecule has 1 aliphatic rings. The third kappa shape index (κ3) is 3.16. The molecule has 0 bridgehead atoms. The molecule has 1 N–H and O–H groups in total. The molecule has 1 atom stereocenters. The highest BCUT2D eigenvalue weighted by molar-refractivity contribution is 6.04. The lowest BCUT2D eigenvalue weighted by Crippen LogP contribution is -2.34. The van der Waals surface area contributed by atoms with Gasteiger partial charge in [-0.3, -0.25) is 9.69 Å². The zero-order valence-electron chi connectivity index (χ0n) is 13.3. The number of rotatable bonds is 6. The van der Waals surface area contributed by atoms with Gasteiger partial charge in [0.05, 0.1) is 0 Å². The van der Waals surface area contributed by atoms with E-state index in [4.69, 9.17) is 5.11 Å². The zero-order chi connectivity index (χ0) is 16.9. The van der Waals surface area contributed by atoms with E-state index in [9.17, 15) is 9.59 Å². The van der Waals surface area contributed by atoms with Crippen LogP contribution in [0.2, 0.25) is 0 Å². The summed E-state index contributed by atoms with van der Waals surface area (Å²) in [6, 6.07) is 18.1. The van der Waals surface area contributed by atoms with Gasteiger partial charge >= 0.3 is 6.03 Å². The first-order valence-corrected chi connectivity index (χ1v) is 8.04. The third-order valence-corrected chi connectivity index (χ3v) is 4.14. The summed E-state index contributed by atoms with van der Waals surface area (Å²) in [5, 5.41) is 9.02. The Morgan fingerprint density at radius 2 is 1.54 bits per heavy atom. The van der Waals surface area contributed by atoms with Gasteiger partial charge in [0.15, 0.2) is 0 Å². The van der Waals surface area contributed by atoms with Crippen molar-refractivity contribution in [3.8, 4) is 0 Å². The Morgan fingerprint density at radius 3 is 2.17 bits per heavy atom. The highest BCUT2D eigenvalue weighted by Gasteiger charge is 2.45. The van der Waals surface area contributed by atoms with Gasteiger partial charge in [0.25, 0.3) is 5.91 Å². The van der Waals surface area contributed by atoms with Gasteiger partial charge < -0.3 is 10.0 Å². The molecule has 0 aliphatic carbocycles. The van der Waals surface area contributed by atoms with Crippen LogP contribution in [-0.4, -0.2) is 40.0 Å². The Balaban J connectivity index is 1.92. The summed E-state index contributed by atoms with van der Waals surface area (Å²) >= 11 is 0. The number of hydrogen-bond acceptors (Lipinski definition) is 3. The molecular formula is C19H20N2O3. The highest BCUT2D eigenvalue weighted by atomic mass is 16.3. The maximum atomic E-state index is 12.8. The van der Waals surface area contributed by atoms with Crippen LogP contribution in [0.4, 0.5) is 4.79 Å². The van der Waals surface area contributed by atoms with E-state index in [0.717, 1.165) is 11.1 Å². The van der Waals surface area contributed by atoms with E-state index in [1.807, 2.05) is 60.7 Å². The number of urea groups is 1. The van der Waals surface area contributed by atoms with Gasteiger partial charge in [-0.05, 0) is 17.5 Å². The van der Waals surface area contributed by atoms with Crippen molar-refractivity contribution in [1.29, 1.82) is 0 Å². The molecule has 1 unspecified atom stereocenters. The van der Waals surface area contributed by atoms with Gasteiger partial charge in [0.2, 0.25) is 0 Å². The number of hydrogen-bond donors (Lipinski definition) is 1. The molecule has 0 aromatic heterocycles. The molecule has 5 nitrogen and oxygen atoms in total. The van der Waals surface area contributed by atoms with Crippen molar-refractivity contribution >= 4 is 11.9 Å². The molecule has 5 heteroatoms. The summed E-state index contributed by atoms with van der Waals surface area (Å²) in [6.07, 6.45) is 0.387. The average Bonchev–Trinajstić information content (AvgIpc) is 2.85. The van der Waals surface area contributed by atoms with Crippen LogP contribution < -0.4 is 0 Å². The van der Waals surface area contributed by atoms with Crippen LogP contribution in [0.15, 0.2) is 60.7 Å². The van der Waals surface area contributed by atoms with E-state index in [-0.39, 0.29) is 25.1 Å². The van der Waals surface area contributed by atoms with Crippen molar-refractivity contribution in [1.82, 2.24) is 9.80 Å². The van der Waals surface area contributed by atoms with Crippen LogP contribution in [-0.2, 0) is 11.3 Å². The van der Waals surface area contributed by atoms with E-state index < -0.39 is 6.04 Å². The summed E-state index contributed by atoms with van der Waals surface area (Å²) < 4.78 is 0. The van der Waals surface area contributed by atoms with Crippen molar-refractivity contribution < 1.29 is 14.7 Å². The lowest BCUT2D eigenvalue weighted by molar-refractivity contribution is -0.128. The standard InChI is InChI=1S/C19H20N2O3/c22-13-7-12-20-18(23)17(16-10-5-2-6-11-16)21(19(20)24)14-15-8-3-1-4-9-15/h1-6,8-11,17,22H,7,12-14H2. The second kappa shape index (κ2) is 7.27. The number of nitrogens with zero attached hydrogens (tertiary/aromatic N) is 2. The lowest BCUT2D eigenvalue weighted by Gasteiger charge is -2.22. The Morgan fingerprint density at radius 1 is 0.917 bits per heavy atom. The smallest absolute Gasteiger partial charge is 0.328 e. The van der Waals surface area contributed by atoms with Crippen LogP contribution in [0.1, 0.15) is 23.6 Å². The molecule has 0 spiro atoms. The maximum absolute atomic E-state index is 12.8. The van der Waals surface area contributed by atoms with E-state index in [2.05, 4.69) is 0 Å². The highest BCUT2D eigenvalue weighted by Crippen LogP contribution is 2.32. The third-order valence-electron chi connectivity index (χ3n) is 4.14. The molecule has 0 saturated carbocycles.